The van der Waals surface area contributed by atoms with E-state index in [9.17, 15) is 4.79 Å². The summed E-state index contributed by atoms with van der Waals surface area (Å²) in [6.45, 7) is 10.2. The molecule has 0 saturated heterocycles. The molecule has 1 N–H and O–H groups in total. The maximum Gasteiger partial charge on any atom is 0.194 e. The summed E-state index contributed by atoms with van der Waals surface area (Å²) in [5.41, 5.74) is -0.274. The van der Waals surface area contributed by atoms with Gasteiger partial charge in [-0.05, 0) is 13.8 Å². The fraction of sp³-hybridized carbons (Fsp3) is 0.909. The number of carbonyl (C=O) groups excluding carboxylic acids is 1. The number of aliphatic hydroxyl groups excluding tert-OH is 1. The van der Waals surface area contributed by atoms with E-state index in [-0.39, 0.29) is 21.9 Å². The van der Waals surface area contributed by atoms with E-state index in [0.717, 1.165) is 11.5 Å². The van der Waals surface area contributed by atoms with Gasteiger partial charge in [0.1, 0.15) is 0 Å². The number of aliphatic hydroxyl groups is 1. The van der Waals surface area contributed by atoms with Crippen LogP contribution in [0.25, 0.3) is 0 Å². The number of rotatable bonds is 5. The van der Waals surface area contributed by atoms with Gasteiger partial charge in [0.05, 0.1) is 6.61 Å². The second kappa shape index (κ2) is 6.16. The first-order valence-corrected chi connectivity index (χ1v) is 7.08. The summed E-state index contributed by atoms with van der Waals surface area (Å²) in [7, 11) is 0. The minimum absolute atomic E-state index is 0.0514. The summed E-state index contributed by atoms with van der Waals surface area (Å²) < 4.78 is -0.0514. The van der Waals surface area contributed by atoms with Crippen molar-refractivity contribution >= 4 is 28.6 Å². The van der Waals surface area contributed by atoms with E-state index in [1.807, 2.05) is 20.8 Å². The molecule has 0 spiro atoms. The zero-order chi connectivity index (χ0) is 12.1. The molecule has 0 aromatic rings. The van der Waals surface area contributed by atoms with Gasteiger partial charge in [-0.25, -0.2) is 0 Å². The molecule has 0 fully saturated rings. The third-order valence-corrected chi connectivity index (χ3v) is 4.74. The molecule has 15 heavy (non-hydrogen) atoms. The third kappa shape index (κ3) is 7.25. The predicted molar refractivity (Wildman–Crippen MR) is 70.5 cm³/mol. The Morgan fingerprint density at radius 2 is 1.73 bits per heavy atom. The monoisotopic (exact) mass is 250 g/mol. The average Bonchev–Trinajstić information content (AvgIpc) is 2.01. The Kier molecular flexibility index (Phi) is 6.30. The molecule has 0 rings (SSSR count). The molecule has 0 radical (unpaired) electrons. The Labute approximate surface area is 102 Å². The maximum atomic E-state index is 11.8. The lowest BCUT2D eigenvalue weighted by molar-refractivity contribution is -0.117. The predicted octanol–water partition coefficient (Wildman–Crippen LogP) is 2.80. The summed E-state index contributed by atoms with van der Waals surface area (Å²) in [5, 5.41) is 8.91. The van der Waals surface area contributed by atoms with Crippen LogP contribution < -0.4 is 0 Å². The zero-order valence-corrected chi connectivity index (χ0v) is 11.9. The van der Waals surface area contributed by atoms with Gasteiger partial charge in [-0.2, -0.15) is 11.8 Å². The van der Waals surface area contributed by atoms with Crippen molar-refractivity contribution in [3.05, 3.63) is 0 Å². The first kappa shape index (κ1) is 15.3. The van der Waals surface area contributed by atoms with Gasteiger partial charge in [-0.15, -0.1) is 0 Å². The SMILES string of the molecule is CC(C)(CSCCO)SC(=O)C(C)(C)C. The topological polar surface area (TPSA) is 37.3 Å². The lowest BCUT2D eigenvalue weighted by Gasteiger charge is -2.26. The van der Waals surface area contributed by atoms with Gasteiger partial charge in [-0.1, -0.05) is 32.5 Å². The number of hydrogen-bond acceptors (Lipinski definition) is 4. The second-order valence-corrected chi connectivity index (χ2v) is 7.96. The van der Waals surface area contributed by atoms with E-state index in [0.29, 0.717) is 0 Å². The van der Waals surface area contributed by atoms with E-state index in [4.69, 9.17) is 5.11 Å². The molecular weight excluding hydrogens is 228 g/mol. The average molecular weight is 250 g/mol. The van der Waals surface area contributed by atoms with Gasteiger partial charge in [0, 0.05) is 21.7 Å². The summed E-state index contributed by atoms with van der Waals surface area (Å²) in [6, 6.07) is 0. The van der Waals surface area contributed by atoms with E-state index >= 15 is 0 Å². The van der Waals surface area contributed by atoms with E-state index in [1.165, 1.54) is 11.8 Å². The molecule has 4 heteroatoms. The fourth-order valence-electron chi connectivity index (χ4n) is 0.816. The molecule has 0 aliphatic rings. The lowest BCUT2D eigenvalue weighted by atomic mass is 9.99. The van der Waals surface area contributed by atoms with Gasteiger partial charge < -0.3 is 5.11 Å². The van der Waals surface area contributed by atoms with Crippen molar-refractivity contribution in [2.75, 3.05) is 18.1 Å². The highest BCUT2D eigenvalue weighted by molar-refractivity contribution is 8.15. The normalized spacial score (nSPS) is 12.9. The minimum atomic E-state index is -0.274. The van der Waals surface area contributed by atoms with E-state index < -0.39 is 0 Å². The van der Waals surface area contributed by atoms with Gasteiger partial charge in [0.25, 0.3) is 0 Å². The molecule has 90 valence electrons. The fourth-order valence-corrected chi connectivity index (χ4v) is 2.87. The highest BCUT2D eigenvalue weighted by Crippen LogP contribution is 2.34. The quantitative estimate of drug-likeness (QED) is 0.761. The van der Waals surface area contributed by atoms with Gasteiger partial charge in [0.2, 0.25) is 0 Å². The minimum Gasteiger partial charge on any atom is -0.396 e. The molecule has 2 nitrogen and oxygen atoms in total. The molecule has 0 aliphatic carbocycles. The van der Waals surface area contributed by atoms with Crippen LogP contribution in [0.2, 0.25) is 0 Å². The van der Waals surface area contributed by atoms with Crippen molar-refractivity contribution in [2.45, 2.75) is 39.4 Å². The van der Waals surface area contributed by atoms with Gasteiger partial charge >= 0.3 is 0 Å². The Hall–Kier alpha value is 0.330. The van der Waals surface area contributed by atoms with Crippen LogP contribution in [0, 0.1) is 5.41 Å². The number of carbonyl (C=O) groups is 1. The largest absolute Gasteiger partial charge is 0.396 e. The van der Waals surface area contributed by atoms with Crippen LogP contribution >= 0.6 is 23.5 Å². The Morgan fingerprint density at radius 1 is 1.20 bits per heavy atom. The molecule has 0 atom stereocenters. The highest BCUT2D eigenvalue weighted by atomic mass is 32.2. The summed E-state index contributed by atoms with van der Waals surface area (Å²) in [6.07, 6.45) is 0. The summed E-state index contributed by atoms with van der Waals surface area (Å²) in [5.74, 6) is 1.63. The second-order valence-electron chi connectivity index (χ2n) is 5.18. The van der Waals surface area contributed by atoms with Crippen molar-refractivity contribution in [1.82, 2.24) is 0 Å². The van der Waals surface area contributed by atoms with Crippen molar-refractivity contribution < 1.29 is 9.90 Å². The smallest absolute Gasteiger partial charge is 0.194 e. The number of hydrogen-bond donors (Lipinski definition) is 1. The van der Waals surface area contributed by atoms with Crippen LogP contribution in [-0.4, -0.2) is 33.1 Å². The molecule has 0 saturated carbocycles. The van der Waals surface area contributed by atoms with Gasteiger partial charge in [0.15, 0.2) is 5.12 Å². The van der Waals surface area contributed by atoms with Crippen LogP contribution in [0.4, 0.5) is 0 Å². The molecular formula is C11H22O2S2. The first-order chi connectivity index (χ1) is 6.69. The third-order valence-electron chi connectivity index (χ3n) is 1.67. The van der Waals surface area contributed by atoms with Gasteiger partial charge in [-0.3, -0.25) is 4.79 Å². The molecule has 0 bridgehead atoms. The van der Waals surface area contributed by atoms with Crippen molar-refractivity contribution in [3.8, 4) is 0 Å². The molecule has 0 aromatic heterocycles. The van der Waals surface area contributed by atoms with Crippen LogP contribution in [0.5, 0.6) is 0 Å². The Morgan fingerprint density at radius 3 is 2.13 bits per heavy atom. The van der Waals surface area contributed by atoms with Crippen molar-refractivity contribution in [3.63, 3.8) is 0 Å². The molecule has 0 amide bonds. The van der Waals surface area contributed by atoms with Crippen LogP contribution in [0.15, 0.2) is 0 Å². The molecule has 0 aliphatic heterocycles. The van der Waals surface area contributed by atoms with Crippen molar-refractivity contribution in [1.29, 1.82) is 0 Å². The standard InChI is InChI=1S/C11H22O2S2/c1-10(2,3)9(13)15-11(4,5)8-14-7-6-12/h12H,6-8H2,1-5H3. The van der Waals surface area contributed by atoms with Crippen LogP contribution in [-0.2, 0) is 4.79 Å². The summed E-state index contributed by atoms with van der Waals surface area (Å²) >= 11 is 3.11. The molecule has 0 heterocycles. The highest BCUT2D eigenvalue weighted by Gasteiger charge is 2.29. The first-order valence-electron chi connectivity index (χ1n) is 5.11. The molecule has 0 aromatic carbocycles. The zero-order valence-electron chi connectivity index (χ0n) is 10.3. The Balaban J connectivity index is 4.08. The lowest BCUT2D eigenvalue weighted by Crippen LogP contribution is -2.27. The van der Waals surface area contributed by atoms with E-state index in [1.54, 1.807) is 11.8 Å². The Bertz CT molecular complexity index is 207. The van der Waals surface area contributed by atoms with Crippen molar-refractivity contribution in [2.24, 2.45) is 5.41 Å². The maximum absolute atomic E-state index is 11.8. The molecule has 0 unspecified atom stereocenters. The van der Waals surface area contributed by atoms with Crippen LogP contribution in [0.1, 0.15) is 34.6 Å². The van der Waals surface area contributed by atoms with E-state index in [2.05, 4.69) is 13.8 Å². The summed E-state index contributed by atoms with van der Waals surface area (Å²) in [4.78, 5) is 11.8. The van der Waals surface area contributed by atoms with Crippen LogP contribution in [0.3, 0.4) is 0 Å². The number of thioether (sulfide) groups is 2.